The van der Waals surface area contributed by atoms with Crippen LogP contribution in [0.5, 0.6) is 0 Å². The van der Waals surface area contributed by atoms with Crippen LogP contribution in [-0.2, 0) is 12.8 Å². The van der Waals surface area contributed by atoms with Gasteiger partial charge in [-0.2, -0.15) is 0 Å². The maximum absolute atomic E-state index is 2.36. The zero-order valence-electron chi connectivity index (χ0n) is 20.6. The maximum Gasteiger partial charge on any atom is 0.0478 e. The van der Waals surface area contributed by atoms with Crippen LogP contribution in [0.3, 0.4) is 0 Å². The molecule has 0 spiro atoms. The van der Waals surface area contributed by atoms with Gasteiger partial charge in [0, 0.05) is 58.5 Å². The van der Waals surface area contributed by atoms with Crippen LogP contribution in [0, 0.1) is 13.8 Å². The molecule has 0 aliphatic heterocycles. The first kappa shape index (κ1) is 24.5. The Morgan fingerprint density at radius 3 is 1.17 bits per heavy atom. The van der Waals surface area contributed by atoms with Crippen LogP contribution in [0.2, 0.25) is 0 Å². The number of aryl methyl sites for hydroxylation is 4. The molecule has 0 saturated heterocycles. The van der Waals surface area contributed by atoms with Gasteiger partial charge in [-0.05, 0) is 98.5 Å². The summed E-state index contributed by atoms with van der Waals surface area (Å²) < 4.78 is 0. The second kappa shape index (κ2) is 10.2. The maximum atomic E-state index is 2.36. The van der Waals surface area contributed by atoms with Crippen LogP contribution in [-0.4, -0.2) is 0 Å². The molecule has 0 nitrogen and oxygen atoms in total. The average Bonchev–Trinajstić information content (AvgIpc) is 3.69. The molecule has 0 N–H and O–H groups in total. The van der Waals surface area contributed by atoms with Gasteiger partial charge in [0.25, 0.3) is 0 Å². The van der Waals surface area contributed by atoms with E-state index in [9.17, 15) is 0 Å². The van der Waals surface area contributed by atoms with Crippen molar-refractivity contribution in [3.63, 3.8) is 0 Å². The molecule has 0 aliphatic carbocycles. The Kier molecular flexibility index (Phi) is 6.93. The summed E-state index contributed by atoms with van der Waals surface area (Å²) in [7, 11) is 0. The van der Waals surface area contributed by atoms with Gasteiger partial charge in [-0.3, -0.25) is 0 Å². The summed E-state index contributed by atoms with van der Waals surface area (Å²) in [5, 5.41) is 0. The van der Waals surface area contributed by atoms with Crippen molar-refractivity contribution in [2.75, 3.05) is 0 Å². The lowest BCUT2D eigenvalue weighted by Crippen LogP contribution is -1.67. The summed E-state index contributed by atoms with van der Waals surface area (Å²) in [6, 6.07) is 23.1. The van der Waals surface area contributed by atoms with E-state index in [4.69, 9.17) is 0 Å². The molecule has 6 rings (SSSR count). The van der Waals surface area contributed by atoms with E-state index in [0.29, 0.717) is 0 Å². The van der Waals surface area contributed by atoms with E-state index < -0.39 is 0 Å². The second-order valence-corrected chi connectivity index (χ2v) is 15.4. The third kappa shape index (κ3) is 4.64. The summed E-state index contributed by atoms with van der Waals surface area (Å²) >= 11 is 11.6. The third-order valence-electron chi connectivity index (χ3n) is 6.24. The van der Waals surface area contributed by atoms with E-state index in [2.05, 4.69) is 88.4 Å². The highest BCUT2D eigenvalue weighted by Gasteiger charge is 2.16. The second-order valence-electron chi connectivity index (χ2n) is 8.81. The fraction of sp³-hybridized carbons (Fsp3) is 0.200. The van der Waals surface area contributed by atoms with Crippen molar-refractivity contribution in [3.05, 3.63) is 81.5 Å². The first-order chi connectivity index (χ1) is 17.5. The Bertz CT molecular complexity index is 1520. The zero-order valence-corrected chi connectivity index (χ0v) is 25.5. The van der Waals surface area contributed by atoms with Gasteiger partial charge in [0.15, 0.2) is 0 Å². The fourth-order valence-corrected chi connectivity index (χ4v) is 11.1. The summed E-state index contributed by atoms with van der Waals surface area (Å²) in [4.78, 5) is 16.8. The summed E-state index contributed by atoms with van der Waals surface area (Å²) in [6.45, 7) is 8.96. The Morgan fingerprint density at radius 1 is 0.417 bits per heavy atom. The Hall–Kier alpha value is -1.80. The van der Waals surface area contributed by atoms with Crippen molar-refractivity contribution in [2.24, 2.45) is 0 Å². The molecule has 0 atom stereocenters. The minimum atomic E-state index is 1.11. The first-order valence-corrected chi connectivity index (χ1v) is 17.0. The molecule has 0 bridgehead atoms. The lowest BCUT2D eigenvalue weighted by molar-refractivity contribution is 1.19. The van der Waals surface area contributed by atoms with Crippen molar-refractivity contribution < 1.29 is 0 Å². The smallest absolute Gasteiger partial charge is 0.0478 e. The Labute approximate surface area is 237 Å². The molecule has 36 heavy (non-hydrogen) atoms. The predicted octanol–water partition coefficient (Wildman–Crippen LogP) is 12.1. The lowest BCUT2D eigenvalue weighted by atomic mass is 10.2. The largest absolute Gasteiger partial charge is 0.139 e. The van der Waals surface area contributed by atoms with Gasteiger partial charge >= 0.3 is 0 Å². The molecule has 0 aliphatic rings. The molecule has 0 aromatic carbocycles. The minimum absolute atomic E-state index is 1.11. The quantitative estimate of drug-likeness (QED) is 0.177. The van der Waals surface area contributed by atoms with E-state index in [1.807, 2.05) is 68.0 Å². The van der Waals surface area contributed by atoms with Crippen LogP contribution >= 0.6 is 68.0 Å². The van der Waals surface area contributed by atoms with Crippen LogP contribution < -0.4 is 0 Å². The standard InChI is InChI=1S/C30H26S6/c1-5-19-7-9-23(31-19)27-15-17(3)29(35-27)25-13-11-21(33-25)22-12-14-26(34-22)30-18(4)16-28(36-30)24-10-8-20(6-2)32-24/h7-16H,5-6H2,1-4H3. The molecule has 6 heterocycles. The highest BCUT2D eigenvalue weighted by molar-refractivity contribution is 7.30. The van der Waals surface area contributed by atoms with Crippen LogP contribution in [0.25, 0.3) is 48.8 Å². The summed E-state index contributed by atoms with van der Waals surface area (Å²) in [5.74, 6) is 0. The Balaban J connectivity index is 1.26. The van der Waals surface area contributed by atoms with Gasteiger partial charge in [-0.25, -0.2) is 0 Å². The van der Waals surface area contributed by atoms with Crippen LogP contribution in [0.15, 0.2) is 60.7 Å². The molecule has 0 fully saturated rings. The van der Waals surface area contributed by atoms with Gasteiger partial charge < -0.3 is 0 Å². The highest BCUT2D eigenvalue weighted by Crippen LogP contribution is 2.47. The summed E-state index contributed by atoms with van der Waals surface area (Å²) in [5.41, 5.74) is 2.76. The molecule has 0 unspecified atom stereocenters. The monoisotopic (exact) mass is 578 g/mol. The van der Waals surface area contributed by atoms with Crippen LogP contribution in [0.1, 0.15) is 34.7 Å². The van der Waals surface area contributed by atoms with E-state index in [1.165, 1.54) is 69.7 Å². The molecule has 0 amide bonds. The van der Waals surface area contributed by atoms with Crippen molar-refractivity contribution in [1.29, 1.82) is 0 Å². The van der Waals surface area contributed by atoms with Crippen LogP contribution in [0.4, 0.5) is 0 Å². The third-order valence-corrected chi connectivity index (χ3v) is 14.3. The SMILES string of the molecule is CCc1ccc(-c2cc(C)c(-c3ccc(-c4ccc(-c5sc(-c6ccc(CC)s6)cc5C)s4)s3)s2)s1. The minimum Gasteiger partial charge on any atom is -0.139 e. The number of hydrogen-bond acceptors (Lipinski definition) is 6. The van der Waals surface area contributed by atoms with Crippen molar-refractivity contribution in [1.82, 2.24) is 0 Å². The Morgan fingerprint density at radius 2 is 0.778 bits per heavy atom. The highest BCUT2D eigenvalue weighted by atomic mass is 32.1. The predicted molar refractivity (Wildman–Crippen MR) is 169 cm³/mol. The topological polar surface area (TPSA) is 0 Å². The fourth-order valence-electron chi connectivity index (χ4n) is 4.28. The molecule has 0 radical (unpaired) electrons. The molecule has 6 heteroatoms. The lowest BCUT2D eigenvalue weighted by Gasteiger charge is -1.95. The summed E-state index contributed by atoms with van der Waals surface area (Å²) in [6.07, 6.45) is 2.22. The molecule has 6 aromatic heterocycles. The van der Waals surface area contributed by atoms with Gasteiger partial charge in [0.2, 0.25) is 0 Å². The van der Waals surface area contributed by atoms with Gasteiger partial charge in [0.05, 0.1) is 0 Å². The first-order valence-electron chi connectivity index (χ1n) is 12.1. The molecule has 182 valence electrons. The normalized spacial score (nSPS) is 11.6. The van der Waals surface area contributed by atoms with Gasteiger partial charge in [0.1, 0.15) is 0 Å². The van der Waals surface area contributed by atoms with E-state index in [1.54, 1.807) is 0 Å². The van der Waals surface area contributed by atoms with Crippen molar-refractivity contribution in [2.45, 2.75) is 40.5 Å². The zero-order chi connectivity index (χ0) is 24.8. The van der Waals surface area contributed by atoms with Crippen molar-refractivity contribution >= 4 is 68.0 Å². The van der Waals surface area contributed by atoms with E-state index in [-0.39, 0.29) is 0 Å². The van der Waals surface area contributed by atoms with E-state index >= 15 is 0 Å². The molecular formula is C30H26S6. The molecule has 6 aromatic rings. The molecular weight excluding hydrogens is 553 g/mol. The van der Waals surface area contributed by atoms with Crippen molar-refractivity contribution in [3.8, 4) is 48.8 Å². The van der Waals surface area contributed by atoms with Gasteiger partial charge in [-0.15, -0.1) is 68.0 Å². The van der Waals surface area contributed by atoms with E-state index in [0.717, 1.165) is 12.8 Å². The average molecular weight is 579 g/mol. The number of thiophene rings is 6. The number of hydrogen-bond donors (Lipinski definition) is 0. The number of rotatable bonds is 7. The van der Waals surface area contributed by atoms with Gasteiger partial charge in [-0.1, -0.05) is 13.8 Å². The molecule has 0 saturated carbocycles.